The van der Waals surface area contributed by atoms with Gasteiger partial charge in [0, 0.05) is 11.3 Å². The first-order valence-electron chi connectivity index (χ1n) is 11.4. The molecule has 13 heteroatoms. The number of aliphatic hydroxyl groups is 1. The van der Waals surface area contributed by atoms with Gasteiger partial charge >= 0.3 is 0 Å². The van der Waals surface area contributed by atoms with E-state index in [1.165, 1.54) is 18.2 Å². The van der Waals surface area contributed by atoms with E-state index in [-0.39, 0.29) is 31.3 Å². The van der Waals surface area contributed by atoms with Crippen LogP contribution in [0.25, 0.3) is 0 Å². The highest BCUT2D eigenvalue weighted by molar-refractivity contribution is 5.96. The lowest BCUT2D eigenvalue weighted by molar-refractivity contribution is -0.131. The van der Waals surface area contributed by atoms with E-state index in [2.05, 4.69) is 21.3 Å². The second-order valence-electron chi connectivity index (χ2n) is 8.31. The number of hydrogen-bond acceptors (Lipinski definition) is 9. The lowest BCUT2D eigenvalue weighted by Crippen LogP contribution is -2.53. The van der Waals surface area contributed by atoms with E-state index in [4.69, 9.17) is 16.7 Å². The molecule has 0 aliphatic rings. The van der Waals surface area contributed by atoms with Gasteiger partial charge in [-0.1, -0.05) is 26.3 Å². The molecule has 35 heavy (non-hydrogen) atoms. The van der Waals surface area contributed by atoms with Crippen LogP contribution in [0.4, 0.5) is 11.4 Å². The number of unbranched alkanes of at least 4 members (excludes halogenated alkanes) is 1. The summed E-state index contributed by atoms with van der Waals surface area (Å²) in [7, 11) is 0. The van der Waals surface area contributed by atoms with Crippen molar-refractivity contribution in [2.24, 2.45) is 17.4 Å². The van der Waals surface area contributed by atoms with Crippen molar-refractivity contribution in [2.75, 3.05) is 30.4 Å². The Morgan fingerprint density at radius 1 is 1.00 bits per heavy atom. The van der Waals surface area contributed by atoms with Crippen LogP contribution in [-0.4, -0.2) is 65.7 Å². The van der Waals surface area contributed by atoms with Gasteiger partial charge in [0.1, 0.15) is 6.04 Å². The minimum Gasteiger partial charge on any atom is -0.392 e. The molecule has 1 rings (SSSR count). The molecule has 0 aromatic heterocycles. The van der Waals surface area contributed by atoms with Gasteiger partial charge in [0.25, 0.3) is 0 Å². The zero-order valence-electron chi connectivity index (χ0n) is 20.1. The van der Waals surface area contributed by atoms with Crippen LogP contribution in [0, 0.1) is 5.92 Å². The Morgan fingerprint density at radius 2 is 1.66 bits per heavy atom. The van der Waals surface area contributed by atoms with E-state index in [9.17, 15) is 24.3 Å². The summed E-state index contributed by atoms with van der Waals surface area (Å²) in [5.41, 5.74) is 14.1. The zero-order chi connectivity index (χ0) is 26.4. The van der Waals surface area contributed by atoms with Gasteiger partial charge < -0.3 is 37.8 Å². The summed E-state index contributed by atoms with van der Waals surface area (Å²) in [5.74, 6) is -2.43. The SMILES string of the molecule is CC(C)C(NC(=O)CNC(=O)C(N)CCCCN)C(=O)NCC(=O)Nc1ccc(CO)c(NO)c1. The number of amides is 4. The summed E-state index contributed by atoms with van der Waals surface area (Å²) in [4.78, 5) is 49.0. The van der Waals surface area contributed by atoms with E-state index in [1.807, 2.05) is 5.48 Å². The maximum Gasteiger partial charge on any atom is 0.243 e. The minimum atomic E-state index is -0.931. The topological polar surface area (TPSA) is 221 Å². The Labute approximate surface area is 204 Å². The summed E-state index contributed by atoms with van der Waals surface area (Å²) in [6.07, 6.45) is 1.91. The summed E-state index contributed by atoms with van der Waals surface area (Å²) in [6, 6.07) is 2.78. The Balaban J connectivity index is 2.54. The monoisotopic (exact) mass is 495 g/mol. The Kier molecular flexibility index (Phi) is 13.3. The van der Waals surface area contributed by atoms with Crippen LogP contribution in [0.5, 0.6) is 0 Å². The minimum absolute atomic E-state index is 0.223. The van der Waals surface area contributed by atoms with E-state index >= 15 is 0 Å². The second kappa shape index (κ2) is 15.6. The largest absolute Gasteiger partial charge is 0.392 e. The third kappa shape index (κ3) is 10.7. The van der Waals surface area contributed by atoms with Gasteiger partial charge in [-0.25, -0.2) is 0 Å². The molecule has 0 saturated heterocycles. The lowest BCUT2D eigenvalue weighted by Gasteiger charge is -2.22. The fourth-order valence-electron chi connectivity index (χ4n) is 3.08. The smallest absolute Gasteiger partial charge is 0.243 e. The fourth-order valence-corrected chi connectivity index (χ4v) is 3.08. The number of hydrogen-bond donors (Lipinski definition) is 9. The van der Waals surface area contributed by atoms with Crippen molar-refractivity contribution in [3.05, 3.63) is 23.8 Å². The average molecular weight is 496 g/mol. The highest BCUT2D eigenvalue weighted by Gasteiger charge is 2.25. The van der Waals surface area contributed by atoms with Gasteiger partial charge in [0.2, 0.25) is 23.6 Å². The number of carbonyl (C=O) groups excluding carboxylic acids is 4. The van der Waals surface area contributed by atoms with Crippen LogP contribution < -0.4 is 38.2 Å². The number of benzene rings is 1. The predicted octanol–water partition coefficient (Wildman–Crippen LogP) is -1.25. The van der Waals surface area contributed by atoms with Crippen molar-refractivity contribution in [1.82, 2.24) is 16.0 Å². The molecule has 0 heterocycles. The van der Waals surface area contributed by atoms with E-state index < -0.39 is 35.7 Å². The van der Waals surface area contributed by atoms with E-state index in [1.54, 1.807) is 13.8 Å². The van der Waals surface area contributed by atoms with Crippen molar-refractivity contribution >= 4 is 35.0 Å². The van der Waals surface area contributed by atoms with Crippen molar-refractivity contribution in [2.45, 2.75) is 51.8 Å². The van der Waals surface area contributed by atoms with Gasteiger partial charge in [-0.05, 0) is 37.4 Å². The average Bonchev–Trinajstić information content (AvgIpc) is 2.83. The summed E-state index contributed by atoms with van der Waals surface area (Å²) < 4.78 is 0. The standard InChI is InChI=1S/C22H37N7O6/c1-13(2)20(28-19(32)11-25-21(33)16(24)5-3-4-8-23)22(34)26-10-18(31)27-15-7-6-14(12-30)17(9-15)29-35/h6-7,9,13,16,20,29-30,35H,3-5,8,10-12,23-24H2,1-2H3,(H,25,33)(H,26,34)(H,27,31)(H,28,32). The Morgan fingerprint density at radius 3 is 2.26 bits per heavy atom. The van der Waals surface area contributed by atoms with Crippen LogP contribution in [0.15, 0.2) is 18.2 Å². The normalized spacial score (nSPS) is 12.4. The van der Waals surface area contributed by atoms with Crippen molar-refractivity contribution < 1.29 is 29.5 Å². The summed E-state index contributed by atoms with van der Waals surface area (Å²) in [5, 5.41) is 28.3. The van der Waals surface area contributed by atoms with Gasteiger partial charge in [-0.3, -0.25) is 29.9 Å². The first-order valence-corrected chi connectivity index (χ1v) is 11.4. The molecule has 0 aliphatic carbocycles. The van der Waals surface area contributed by atoms with Crippen molar-refractivity contribution in [3.63, 3.8) is 0 Å². The fraction of sp³-hybridized carbons (Fsp3) is 0.545. The number of rotatable bonds is 15. The molecule has 0 radical (unpaired) electrons. The third-order valence-corrected chi connectivity index (χ3v) is 5.10. The molecular weight excluding hydrogens is 458 g/mol. The molecule has 2 atom stereocenters. The highest BCUT2D eigenvalue weighted by Crippen LogP contribution is 2.20. The van der Waals surface area contributed by atoms with Gasteiger partial charge in [-0.2, -0.15) is 0 Å². The molecule has 0 bridgehead atoms. The summed E-state index contributed by atoms with van der Waals surface area (Å²) >= 11 is 0. The van der Waals surface area contributed by atoms with Crippen molar-refractivity contribution in [3.8, 4) is 0 Å². The molecule has 0 fully saturated rings. The van der Waals surface area contributed by atoms with Crippen LogP contribution in [-0.2, 0) is 25.8 Å². The van der Waals surface area contributed by atoms with Gasteiger partial charge in [-0.15, -0.1) is 0 Å². The number of aliphatic hydroxyl groups excluding tert-OH is 1. The Hall–Kier alpha value is -3.26. The molecule has 0 spiro atoms. The molecule has 2 unspecified atom stereocenters. The highest BCUT2D eigenvalue weighted by atomic mass is 16.5. The molecule has 11 N–H and O–H groups in total. The van der Waals surface area contributed by atoms with Crippen LogP contribution in [0.2, 0.25) is 0 Å². The first kappa shape index (κ1) is 29.8. The molecule has 13 nitrogen and oxygen atoms in total. The molecule has 0 aliphatic heterocycles. The second-order valence-corrected chi connectivity index (χ2v) is 8.31. The van der Waals surface area contributed by atoms with Crippen LogP contribution >= 0.6 is 0 Å². The first-order chi connectivity index (χ1) is 16.6. The molecular formula is C22H37N7O6. The zero-order valence-corrected chi connectivity index (χ0v) is 20.1. The van der Waals surface area contributed by atoms with Gasteiger partial charge in [0.15, 0.2) is 0 Å². The lowest BCUT2D eigenvalue weighted by atomic mass is 10.0. The predicted molar refractivity (Wildman–Crippen MR) is 130 cm³/mol. The molecule has 4 amide bonds. The number of nitrogens with two attached hydrogens (primary N) is 2. The van der Waals surface area contributed by atoms with Crippen LogP contribution in [0.1, 0.15) is 38.7 Å². The molecule has 196 valence electrons. The summed E-state index contributed by atoms with van der Waals surface area (Å²) in [6.45, 7) is 2.95. The molecule has 0 saturated carbocycles. The van der Waals surface area contributed by atoms with E-state index in [0.717, 1.165) is 6.42 Å². The van der Waals surface area contributed by atoms with Crippen LogP contribution in [0.3, 0.4) is 0 Å². The van der Waals surface area contributed by atoms with Crippen molar-refractivity contribution in [1.29, 1.82) is 0 Å². The quantitative estimate of drug-likeness (QED) is 0.105. The van der Waals surface area contributed by atoms with E-state index in [0.29, 0.717) is 30.6 Å². The third-order valence-electron chi connectivity index (χ3n) is 5.10. The van der Waals surface area contributed by atoms with Gasteiger partial charge in [0.05, 0.1) is 31.4 Å². The number of anilines is 2. The maximum absolute atomic E-state index is 12.6. The molecule has 1 aromatic rings. The number of nitrogens with one attached hydrogen (secondary N) is 5. The maximum atomic E-state index is 12.6. The Bertz CT molecular complexity index is 865. The number of carbonyl (C=O) groups is 4. The molecule has 1 aromatic carbocycles.